The minimum absolute atomic E-state index is 0.158. The predicted molar refractivity (Wildman–Crippen MR) is 250 cm³/mol. The van der Waals surface area contributed by atoms with Crippen LogP contribution in [0.1, 0.15) is 264 Å². The van der Waals surface area contributed by atoms with Gasteiger partial charge in [0.25, 0.3) is 0 Å². The van der Waals surface area contributed by atoms with Crippen LogP contribution in [0.4, 0.5) is 0 Å². The molecule has 0 heterocycles. The maximum absolute atomic E-state index is 12.5. The lowest BCUT2D eigenvalue weighted by Gasteiger charge is -2.26. The first-order valence-corrected chi connectivity index (χ1v) is 25.3. The molecular formula is C52H99NO4. The van der Waals surface area contributed by atoms with Crippen LogP contribution in [0.15, 0.2) is 36.5 Å². The summed E-state index contributed by atoms with van der Waals surface area (Å²) < 4.78 is 0. The highest BCUT2D eigenvalue weighted by Crippen LogP contribution is 2.16. The van der Waals surface area contributed by atoms with Crippen LogP contribution >= 0.6 is 0 Å². The Hall–Kier alpha value is -1.43. The topological polar surface area (TPSA) is 89.8 Å². The van der Waals surface area contributed by atoms with E-state index in [1.165, 1.54) is 193 Å². The number of allylic oxidation sites excluding steroid dienone is 6. The highest BCUT2D eigenvalue weighted by molar-refractivity contribution is 5.76. The van der Waals surface area contributed by atoms with Crippen LogP contribution in [0.2, 0.25) is 0 Å². The fourth-order valence-corrected chi connectivity index (χ4v) is 7.76. The molecule has 3 unspecified atom stereocenters. The standard InChI is InChI=1S/C52H99NO4/c1-3-5-7-9-11-13-15-17-19-21-22-23-24-25-26-27-28-29-31-33-35-37-39-41-43-45-47-51(56)53-49(48-54)52(57)50(55)46-44-42-40-38-36-34-32-30-20-18-16-14-12-10-8-6-4-2/h25-26,30,32,38,40,49-50,52,54-55,57H,3-24,27-29,31,33-37,39,41-48H2,1-2H3,(H,53,56)/b26-25-,32-30+,40-38+. The fourth-order valence-electron chi connectivity index (χ4n) is 7.76. The van der Waals surface area contributed by atoms with E-state index in [2.05, 4.69) is 55.6 Å². The van der Waals surface area contributed by atoms with E-state index in [1.807, 2.05) is 0 Å². The average Bonchev–Trinajstić information content (AvgIpc) is 3.22. The van der Waals surface area contributed by atoms with Crippen molar-refractivity contribution >= 4 is 5.91 Å². The zero-order chi connectivity index (χ0) is 41.5. The summed E-state index contributed by atoms with van der Waals surface area (Å²) in [4.78, 5) is 12.5. The van der Waals surface area contributed by atoms with Gasteiger partial charge in [-0.1, -0.05) is 217 Å². The van der Waals surface area contributed by atoms with E-state index >= 15 is 0 Å². The summed E-state index contributed by atoms with van der Waals surface area (Å²) in [6, 6.07) is -0.833. The van der Waals surface area contributed by atoms with Gasteiger partial charge in [0.15, 0.2) is 0 Å². The molecule has 0 aliphatic carbocycles. The zero-order valence-corrected chi connectivity index (χ0v) is 38.2. The number of hydrogen-bond donors (Lipinski definition) is 4. The summed E-state index contributed by atoms with van der Waals surface area (Å²) in [5.41, 5.74) is 0. The molecule has 5 heteroatoms. The third-order valence-corrected chi connectivity index (χ3v) is 11.7. The normalized spacial score (nSPS) is 13.7. The van der Waals surface area contributed by atoms with Gasteiger partial charge in [0.05, 0.1) is 18.8 Å². The number of carbonyl (C=O) groups excluding carboxylic acids is 1. The van der Waals surface area contributed by atoms with Gasteiger partial charge in [-0.15, -0.1) is 0 Å². The van der Waals surface area contributed by atoms with Gasteiger partial charge in [-0.3, -0.25) is 4.79 Å². The molecule has 0 rings (SSSR count). The number of unbranched alkanes of at least 4 members (excludes halogenated alkanes) is 32. The molecule has 0 aliphatic heterocycles. The second-order valence-electron chi connectivity index (χ2n) is 17.4. The van der Waals surface area contributed by atoms with Gasteiger partial charge in [-0.25, -0.2) is 0 Å². The molecule has 0 radical (unpaired) electrons. The molecule has 0 aliphatic rings. The van der Waals surface area contributed by atoms with Gasteiger partial charge in [0.2, 0.25) is 5.91 Å². The first-order valence-electron chi connectivity index (χ1n) is 25.3. The largest absolute Gasteiger partial charge is 0.394 e. The summed E-state index contributed by atoms with van der Waals surface area (Å²) in [5, 5.41) is 33.6. The van der Waals surface area contributed by atoms with Crippen LogP contribution in [0, 0.1) is 0 Å². The van der Waals surface area contributed by atoms with E-state index < -0.39 is 18.2 Å². The number of aliphatic hydroxyl groups excluding tert-OH is 3. The molecule has 4 N–H and O–H groups in total. The zero-order valence-electron chi connectivity index (χ0n) is 38.2. The van der Waals surface area contributed by atoms with Crippen molar-refractivity contribution in [1.82, 2.24) is 5.32 Å². The number of rotatable bonds is 46. The van der Waals surface area contributed by atoms with Gasteiger partial charge >= 0.3 is 0 Å². The first kappa shape index (κ1) is 55.6. The lowest BCUT2D eigenvalue weighted by Crippen LogP contribution is -2.50. The van der Waals surface area contributed by atoms with Crippen LogP contribution in [0.3, 0.4) is 0 Å². The Balaban J connectivity index is 3.61. The average molecular weight is 802 g/mol. The molecule has 0 bridgehead atoms. The maximum atomic E-state index is 12.5. The van der Waals surface area contributed by atoms with Crippen molar-refractivity contribution in [2.45, 2.75) is 283 Å². The van der Waals surface area contributed by atoms with Crippen molar-refractivity contribution in [3.05, 3.63) is 36.5 Å². The van der Waals surface area contributed by atoms with E-state index in [1.54, 1.807) is 0 Å². The summed E-state index contributed by atoms with van der Waals surface area (Å²) in [7, 11) is 0. The second-order valence-corrected chi connectivity index (χ2v) is 17.4. The van der Waals surface area contributed by atoms with Crippen molar-refractivity contribution < 1.29 is 20.1 Å². The molecule has 0 saturated heterocycles. The first-order chi connectivity index (χ1) is 28.1. The Morgan fingerprint density at radius 2 is 0.719 bits per heavy atom. The summed E-state index contributed by atoms with van der Waals surface area (Å²) in [6.07, 6.45) is 59.9. The Morgan fingerprint density at radius 3 is 1.07 bits per heavy atom. The van der Waals surface area contributed by atoms with Gasteiger partial charge in [-0.2, -0.15) is 0 Å². The van der Waals surface area contributed by atoms with Gasteiger partial charge in [-0.05, 0) is 77.0 Å². The second kappa shape index (κ2) is 47.3. The Morgan fingerprint density at radius 1 is 0.421 bits per heavy atom. The van der Waals surface area contributed by atoms with E-state index in [9.17, 15) is 20.1 Å². The van der Waals surface area contributed by atoms with Gasteiger partial charge in [0.1, 0.15) is 6.10 Å². The summed E-state index contributed by atoms with van der Waals surface area (Å²) in [6.45, 7) is 4.18. The fraction of sp³-hybridized carbons (Fsp3) is 0.865. The molecule has 0 aromatic heterocycles. The molecule has 336 valence electrons. The van der Waals surface area contributed by atoms with Crippen LogP contribution in [0.25, 0.3) is 0 Å². The molecule has 57 heavy (non-hydrogen) atoms. The van der Waals surface area contributed by atoms with Crippen molar-refractivity contribution in [2.24, 2.45) is 0 Å². The number of nitrogens with one attached hydrogen (secondary N) is 1. The summed E-state index contributed by atoms with van der Waals surface area (Å²) in [5.74, 6) is -0.158. The van der Waals surface area contributed by atoms with Crippen molar-refractivity contribution in [3.63, 3.8) is 0 Å². The Kier molecular flexibility index (Phi) is 46.1. The lowest BCUT2D eigenvalue weighted by atomic mass is 10.0. The third-order valence-electron chi connectivity index (χ3n) is 11.7. The predicted octanol–water partition coefficient (Wildman–Crippen LogP) is 15.1. The monoisotopic (exact) mass is 802 g/mol. The molecule has 0 fully saturated rings. The maximum Gasteiger partial charge on any atom is 0.220 e. The number of hydrogen-bond acceptors (Lipinski definition) is 4. The highest BCUT2D eigenvalue weighted by Gasteiger charge is 2.26. The van der Waals surface area contributed by atoms with E-state index in [0.29, 0.717) is 12.8 Å². The minimum Gasteiger partial charge on any atom is -0.394 e. The lowest BCUT2D eigenvalue weighted by molar-refractivity contribution is -0.124. The molecule has 3 atom stereocenters. The molecule has 0 saturated carbocycles. The Bertz CT molecular complexity index is 885. The third kappa shape index (κ3) is 42.5. The van der Waals surface area contributed by atoms with E-state index in [-0.39, 0.29) is 12.5 Å². The quantitative estimate of drug-likeness (QED) is 0.0365. The van der Waals surface area contributed by atoms with Crippen molar-refractivity contribution in [3.8, 4) is 0 Å². The van der Waals surface area contributed by atoms with Crippen LogP contribution in [-0.4, -0.2) is 46.1 Å². The van der Waals surface area contributed by atoms with E-state index in [4.69, 9.17) is 0 Å². The number of amides is 1. The van der Waals surface area contributed by atoms with Gasteiger partial charge in [0, 0.05) is 6.42 Å². The minimum atomic E-state index is -1.17. The molecule has 0 spiro atoms. The molecular weight excluding hydrogens is 703 g/mol. The number of carbonyl (C=O) groups is 1. The highest BCUT2D eigenvalue weighted by atomic mass is 16.3. The molecule has 0 aromatic carbocycles. The van der Waals surface area contributed by atoms with Gasteiger partial charge < -0.3 is 20.6 Å². The van der Waals surface area contributed by atoms with Crippen LogP contribution in [-0.2, 0) is 4.79 Å². The smallest absolute Gasteiger partial charge is 0.220 e. The molecule has 0 aromatic rings. The van der Waals surface area contributed by atoms with Crippen molar-refractivity contribution in [2.75, 3.05) is 6.61 Å². The van der Waals surface area contributed by atoms with Crippen molar-refractivity contribution in [1.29, 1.82) is 0 Å². The van der Waals surface area contributed by atoms with Crippen LogP contribution in [0.5, 0.6) is 0 Å². The number of aliphatic hydroxyl groups is 3. The van der Waals surface area contributed by atoms with Crippen LogP contribution < -0.4 is 5.32 Å². The molecule has 5 nitrogen and oxygen atoms in total. The summed E-state index contributed by atoms with van der Waals surface area (Å²) >= 11 is 0. The van der Waals surface area contributed by atoms with E-state index in [0.717, 1.165) is 44.9 Å². The molecule has 1 amide bonds. The Labute approximate surface area is 355 Å². The SMILES string of the molecule is CCCCCCCCCC/C=C/CC/C=C/CCCC(O)C(O)C(CO)NC(=O)CCCCCCCCCCCC/C=C\CCCCCCCCCCCCCC.